The minimum atomic E-state index is -0.802. The van der Waals surface area contributed by atoms with Gasteiger partial charge in [-0.1, -0.05) is 13.8 Å². The predicted octanol–water partition coefficient (Wildman–Crippen LogP) is -0.796. The van der Waals surface area contributed by atoms with Gasteiger partial charge in [-0.05, 0) is 6.42 Å². The smallest absolute Gasteiger partial charge is 0.241 e. The lowest BCUT2D eigenvalue weighted by Gasteiger charge is -2.60. The van der Waals surface area contributed by atoms with Crippen molar-refractivity contribution in [2.24, 2.45) is 22.8 Å². The van der Waals surface area contributed by atoms with Crippen LogP contribution in [0, 0.1) is 11.3 Å². The molecule has 3 unspecified atom stereocenters. The van der Waals surface area contributed by atoms with Crippen LogP contribution < -0.4 is 16.8 Å². The normalized spacial score (nSPS) is 40.0. The second kappa shape index (κ2) is 3.68. The molecule has 0 aromatic rings. The molecule has 92 valence electrons. The molecule has 0 aromatic carbocycles. The van der Waals surface area contributed by atoms with E-state index in [1.807, 2.05) is 13.8 Å². The molecular formula is C11H21N3O2. The van der Waals surface area contributed by atoms with Gasteiger partial charge < -0.3 is 21.5 Å². The van der Waals surface area contributed by atoms with E-state index < -0.39 is 5.54 Å². The average molecular weight is 227 g/mol. The summed E-state index contributed by atoms with van der Waals surface area (Å²) in [6.45, 7) is 5.63. The number of hydrogen-bond acceptors (Lipinski definition) is 4. The van der Waals surface area contributed by atoms with Gasteiger partial charge in [0.25, 0.3) is 0 Å². The summed E-state index contributed by atoms with van der Waals surface area (Å²) in [5.74, 6) is 0.0648. The monoisotopic (exact) mass is 227 g/mol. The van der Waals surface area contributed by atoms with E-state index >= 15 is 0 Å². The Morgan fingerprint density at radius 3 is 2.88 bits per heavy atom. The predicted molar refractivity (Wildman–Crippen MR) is 60.6 cm³/mol. The summed E-state index contributed by atoms with van der Waals surface area (Å²) in [5, 5.41) is 2.80. The van der Waals surface area contributed by atoms with E-state index in [2.05, 4.69) is 5.32 Å². The van der Waals surface area contributed by atoms with Gasteiger partial charge in [-0.15, -0.1) is 0 Å². The van der Waals surface area contributed by atoms with E-state index in [4.69, 9.17) is 16.2 Å². The van der Waals surface area contributed by atoms with Gasteiger partial charge in [0.1, 0.15) is 5.54 Å². The third-order valence-corrected chi connectivity index (χ3v) is 4.26. The maximum absolute atomic E-state index is 12.1. The Morgan fingerprint density at radius 1 is 1.56 bits per heavy atom. The number of nitrogens with one attached hydrogen (secondary N) is 1. The molecule has 0 spiro atoms. The maximum atomic E-state index is 12.1. The zero-order chi connectivity index (χ0) is 12.0. The molecule has 1 aliphatic heterocycles. The number of rotatable bonds is 3. The number of amides is 1. The third-order valence-electron chi connectivity index (χ3n) is 4.26. The zero-order valence-electron chi connectivity index (χ0n) is 9.95. The molecule has 1 saturated carbocycles. The first-order valence-electron chi connectivity index (χ1n) is 5.85. The molecule has 1 amide bonds. The summed E-state index contributed by atoms with van der Waals surface area (Å²) in [6, 6.07) is 0. The van der Waals surface area contributed by atoms with E-state index in [0.717, 1.165) is 6.42 Å². The molecule has 5 heteroatoms. The average Bonchev–Trinajstić information content (AvgIpc) is 2.72. The van der Waals surface area contributed by atoms with E-state index in [1.165, 1.54) is 0 Å². The highest BCUT2D eigenvalue weighted by Crippen LogP contribution is 2.58. The zero-order valence-corrected chi connectivity index (χ0v) is 9.95. The minimum Gasteiger partial charge on any atom is -0.377 e. The molecule has 1 heterocycles. The van der Waals surface area contributed by atoms with Crippen LogP contribution >= 0.6 is 0 Å². The van der Waals surface area contributed by atoms with Gasteiger partial charge in [0.2, 0.25) is 5.91 Å². The van der Waals surface area contributed by atoms with Crippen molar-refractivity contribution < 1.29 is 9.53 Å². The molecule has 1 aliphatic carbocycles. The van der Waals surface area contributed by atoms with E-state index in [-0.39, 0.29) is 23.3 Å². The van der Waals surface area contributed by atoms with Gasteiger partial charge in [-0.2, -0.15) is 0 Å². The summed E-state index contributed by atoms with van der Waals surface area (Å²) in [4.78, 5) is 12.1. The summed E-state index contributed by atoms with van der Waals surface area (Å²) < 4.78 is 5.63. The highest BCUT2D eigenvalue weighted by Gasteiger charge is 2.71. The van der Waals surface area contributed by atoms with Crippen LogP contribution in [0.3, 0.4) is 0 Å². The van der Waals surface area contributed by atoms with Crippen LogP contribution in [0.1, 0.15) is 20.3 Å². The topological polar surface area (TPSA) is 90.4 Å². The fraction of sp³-hybridized carbons (Fsp3) is 0.909. The molecule has 0 radical (unpaired) electrons. The Labute approximate surface area is 95.9 Å². The van der Waals surface area contributed by atoms with Crippen molar-refractivity contribution in [1.29, 1.82) is 0 Å². The summed E-state index contributed by atoms with van der Waals surface area (Å²) in [5.41, 5.74) is 10.6. The summed E-state index contributed by atoms with van der Waals surface area (Å²) >= 11 is 0. The number of carbonyl (C=O) groups excluding carboxylic acids is 1. The van der Waals surface area contributed by atoms with Crippen molar-refractivity contribution in [2.75, 3.05) is 19.7 Å². The SMILES string of the molecule is CC1(C)C2OCCC2C1(N)C(=O)NCCN. The van der Waals surface area contributed by atoms with Crippen molar-refractivity contribution in [2.45, 2.75) is 31.9 Å². The van der Waals surface area contributed by atoms with Crippen LogP contribution in [0.2, 0.25) is 0 Å². The van der Waals surface area contributed by atoms with Crippen LogP contribution in [-0.2, 0) is 9.53 Å². The van der Waals surface area contributed by atoms with Crippen LogP contribution in [-0.4, -0.2) is 37.2 Å². The lowest BCUT2D eigenvalue weighted by molar-refractivity contribution is -0.175. The van der Waals surface area contributed by atoms with Crippen LogP contribution in [0.25, 0.3) is 0 Å². The molecule has 5 N–H and O–H groups in total. The van der Waals surface area contributed by atoms with Crippen molar-refractivity contribution in [3.05, 3.63) is 0 Å². The van der Waals surface area contributed by atoms with E-state index in [1.54, 1.807) is 0 Å². The van der Waals surface area contributed by atoms with E-state index in [0.29, 0.717) is 19.7 Å². The molecule has 2 rings (SSSR count). The van der Waals surface area contributed by atoms with Gasteiger partial charge in [-0.3, -0.25) is 4.79 Å². The molecule has 3 atom stereocenters. The fourth-order valence-electron chi connectivity index (χ4n) is 3.18. The number of fused-ring (bicyclic) bond motifs is 1. The molecule has 2 fully saturated rings. The van der Waals surface area contributed by atoms with Crippen molar-refractivity contribution in [3.8, 4) is 0 Å². The largest absolute Gasteiger partial charge is 0.377 e. The highest BCUT2D eigenvalue weighted by atomic mass is 16.5. The lowest BCUT2D eigenvalue weighted by atomic mass is 9.48. The fourth-order valence-corrected chi connectivity index (χ4v) is 3.18. The summed E-state index contributed by atoms with van der Waals surface area (Å²) in [6.07, 6.45) is 1.00. The Balaban J connectivity index is 2.14. The number of carbonyl (C=O) groups is 1. The van der Waals surface area contributed by atoms with Crippen molar-refractivity contribution in [1.82, 2.24) is 5.32 Å². The number of nitrogens with two attached hydrogens (primary N) is 2. The number of hydrogen-bond donors (Lipinski definition) is 3. The maximum Gasteiger partial charge on any atom is 0.241 e. The molecule has 0 aromatic heterocycles. The minimum absolute atomic E-state index is 0.0882. The lowest BCUT2D eigenvalue weighted by Crippen LogP contribution is -2.80. The second-order valence-corrected chi connectivity index (χ2v) is 5.32. The third kappa shape index (κ3) is 1.25. The Bertz CT molecular complexity index is 306. The van der Waals surface area contributed by atoms with Crippen molar-refractivity contribution in [3.63, 3.8) is 0 Å². The molecular weight excluding hydrogens is 206 g/mol. The van der Waals surface area contributed by atoms with Gasteiger partial charge in [0, 0.05) is 31.0 Å². The Hall–Kier alpha value is -0.650. The molecule has 0 bridgehead atoms. The van der Waals surface area contributed by atoms with E-state index in [9.17, 15) is 4.79 Å². The van der Waals surface area contributed by atoms with Crippen LogP contribution in [0.4, 0.5) is 0 Å². The second-order valence-electron chi connectivity index (χ2n) is 5.32. The standard InChI is InChI=1S/C11H21N3O2/c1-10(2)8-7(3-6-16-8)11(10,13)9(15)14-5-4-12/h7-8H,3-6,12-13H2,1-2H3,(H,14,15). The summed E-state index contributed by atoms with van der Waals surface area (Å²) in [7, 11) is 0. The highest BCUT2D eigenvalue weighted by molar-refractivity contribution is 5.89. The first-order chi connectivity index (χ1) is 7.46. The first-order valence-corrected chi connectivity index (χ1v) is 5.85. The van der Waals surface area contributed by atoms with Crippen LogP contribution in [0.15, 0.2) is 0 Å². The molecule has 5 nitrogen and oxygen atoms in total. The van der Waals surface area contributed by atoms with Gasteiger partial charge >= 0.3 is 0 Å². The number of ether oxygens (including phenoxy) is 1. The molecule has 2 aliphatic rings. The molecule has 1 saturated heterocycles. The van der Waals surface area contributed by atoms with Gasteiger partial charge in [-0.25, -0.2) is 0 Å². The quantitative estimate of drug-likeness (QED) is 0.589. The van der Waals surface area contributed by atoms with Gasteiger partial charge in [0.15, 0.2) is 0 Å². The first kappa shape index (κ1) is 11.8. The van der Waals surface area contributed by atoms with Crippen LogP contribution in [0.5, 0.6) is 0 Å². The van der Waals surface area contributed by atoms with Gasteiger partial charge in [0.05, 0.1) is 6.10 Å². The molecule has 16 heavy (non-hydrogen) atoms. The van der Waals surface area contributed by atoms with Crippen molar-refractivity contribution >= 4 is 5.91 Å². The Kier molecular flexibility index (Phi) is 2.72. The Morgan fingerprint density at radius 2 is 2.25 bits per heavy atom.